The van der Waals surface area contributed by atoms with Gasteiger partial charge in [-0.25, -0.2) is 0 Å². The molecule has 0 saturated carbocycles. The van der Waals surface area contributed by atoms with Crippen molar-refractivity contribution in [2.75, 3.05) is 0 Å². The number of hydrogen-bond acceptors (Lipinski definition) is 0. The van der Waals surface area contributed by atoms with Crippen LogP contribution in [-0.4, -0.2) is 8.07 Å². The molecule has 2 rings (SSSR count). The first-order valence-electron chi connectivity index (χ1n) is 4.85. The molecule has 0 atom stereocenters. The van der Waals surface area contributed by atoms with E-state index in [2.05, 4.69) is 38.1 Å². The van der Waals surface area contributed by atoms with Gasteiger partial charge in [-0.3, -0.25) is 0 Å². The predicted octanol–water partition coefficient (Wildman–Crippen LogP) is 2.68. The smallest absolute Gasteiger partial charge is 0.0675 e. The highest BCUT2D eigenvalue weighted by Crippen LogP contribution is 2.39. The van der Waals surface area contributed by atoms with E-state index in [0.29, 0.717) is 0 Å². The van der Waals surface area contributed by atoms with Crippen LogP contribution in [0, 0.1) is 6.92 Å². The van der Waals surface area contributed by atoms with E-state index in [1.54, 1.807) is 5.19 Å². The molecule has 12 heavy (non-hydrogen) atoms. The van der Waals surface area contributed by atoms with Crippen molar-refractivity contribution in [3.8, 4) is 0 Å². The van der Waals surface area contributed by atoms with Crippen molar-refractivity contribution in [3.63, 3.8) is 0 Å². The second kappa shape index (κ2) is 2.73. The van der Waals surface area contributed by atoms with E-state index in [-0.39, 0.29) is 0 Å². The maximum absolute atomic E-state index is 2.37. The maximum Gasteiger partial charge on any atom is 0.0862 e. The fourth-order valence-electron chi connectivity index (χ4n) is 2.13. The number of rotatable bonds is 2. The lowest BCUT2D eigenvalue weighted by atomic mass is 10.2. The highest BCUT2D eigenvalue weighted by molar-refractivity contribution is 7.00. The van der Waals surface area contributed by atoms with Crippen molar-refractivity contribution in [2.24, 2.45) is 0 Å². The van der Waals surface area contributed by atoms with Gasteiger partial charge in [0.1, 0.15) is 0 Å². The van der Waals surface area contributed by atoms with Crippen LogP contribution in [0.4, 0.5) is 0 Å². The van der Waals surface area contributed by atoms with E-state index in [1.807, 2.05) is 0 Å². The molecule has 0 amide bonds. The van der Waals surface area contributed by atoms with E-state index >= 15 is 0 Å². The Kier molecular flexibility index (Phi) is 1.84. The minimum absolute atomic E-state index is 0.848. The Labute approximate surface area is 75.6 Å². The molecule has 1 saturated heterocycles. The summed E-state index contributed by atoms with van der Waals surface area (Å²) in [6.07, 6.45) is 0. The zero-order valence-electron chi connectivity index (χ0n) is 7.93. The van der Waals surface area contributed by atoms with Crippen LogP contribution in [0.25, 0.3) is 0 Å². The van der Waals surface area contributed by atoms with E-state index in [4.69, 9.17) is 0 Å². The summed E-state index contributed by atoms with van der Waals surface area (Å²) in [5, 5.41) is 1.73. The highest BCUT2D eigenvalue weighted by Gasteiger charge is 2.45. The Hall–Kier alpha value is -0.563. The van der Waals surface area contributed by atoms with Crippen molar-refractivity contribution in [3.05, 3.63) is 29.8 Å². The van der Waals surface area contributed by atoms with Gasteiger partial charge >= 0.3 is 0 Å². The van der Waals surface area contributed by atoms with Crippen LogP contribution < -0.4 is 5.19 Å². The van der Waals surface area contributed by atoms with Gasteiger partial charge in [0, 0.05) is 0 Å². The molecule has 0 bridgehead atoms. The molecule has 0 nitrogen and oxygen atoms in total. The van der Waals surface area contributed by atoms with Crippen molar-refractivity contribution in [1.29, 1.82) is 0 Å². The van der Waals surface area contributed by atoms with E-state index in [1.165, 1.54) is 23.7 Å². The molecule has 1 aliphatic rings. The second-order valence-corrected chi connectivity index (χ2v) is 8.76. The first-order chi connectivity index (χ1) is 5.78. The van der Waals surface area contributed by atoms with Crippen molar-refractivity contribution in [1.82, 2.24) is 0 Å². The van der Waals surface area contributed by atoms with Gasteiger partial charge in [-0.05, 0) is 6.92 Å². The van der Waals surface area contributed by atoms with Gasteiger partial charge in [0.05, 0.1) is 8.07 Å². The molecule has 0 spiro atoms. The summed E-state index contributed by atoms with van der Waals surface area (Å²) in [5.41, 5.74) is 1.53. The van der Waals surface area contributed by atoms with Crippen LogP contribution in [0.5, 0.6) is 0 Å². The molecular weight excluding hydrogens is 160 g/mol. The lowest BCUT2D eigenvalue weighted by Gasteiger charge is -2.13. The van der Waals surface area contributed by atoms with E-state index in [0.717, 1.165) is 0 Å². The average molecular weight is 176 g/mol. The molecular formula is C11H16Si. The standard InChI is InChI=1S/C11H16Si/c1-3-12(8-9-12)11-7-5-4-6-10(11)2/h4-7H,3,8-9H2,1-2H3. The van der Waals surface area contributed by atoms with Gasteiger partial charge in [-0.2, -0.15) is 0 Å². The van der Waals surface area contributed by atoms with Crippen LogP contribution in [0.2, 0.25) is 18.1 Å². The lowest BCUT2D eigenvalue weighted by Crippen LogP contribution is -2.33. The number of hydrogen-bond donors (Lipinski definition) is 0. The van der Waals surface area contributed by atoms with E-state index < -0.39 is 8.07 Å². The summed E-state index contributed by atoms with van der Waals surface area (Å²) in [4.78, 5) is 0. The molecule has 0 radical (unpaired) electrons. The molecule has 0 aromatic heterocycles. The molecule has 1 aromatic rings. The summed E-state index contributed by atoms with van der Waals surface area (Å²) in [5.74, 6) is 0. The third-order valence-electron chi connectivity index (χ3n) is 3.25. The van der Waals surface area contributed by atoms with Gasteiger partial charge in [-0.1, -0.05) is 60.1 Å². The molecule has 0 N–H and O–H groups in total. The first-order valence-corrected chi connectivity index (χ1v) is 7.47. The van der Waals surface area contributed by atoms with Crippen molar-refractivity contribution in [2.45, 2.75) is 32.0 Å². The Morgan fingerprint density at radius 2 is 1.92 bits per heavy atom. The monoisotopic (exact) mass is 176 g/mol. The molecule has 1 aliphatic heterocycles. The quantitative estimate of drug-likeness (QED) is 0.608. The average Bonchev–Trinajstić information content (AvgIpc) is 2.86. The maximum atomic E-state index is 2.37. The second-order valence-electron chi connectivity index (χ2n) is 3.95. The lowest BCUT2D eigenvalue weighted by molar-refractivity contribution is 1.40. The molecule has 1 heterocycles. The highest BCUT2D eigenvalue weighted by atomic mass is 28.3. The molecule has 1 heteroatoms. The molecule has 64 valence electrons. The van der Waals surface area contributed by atoms with Crippen LogP contribution in [0.3, 0.4) is 0 Å². The van der Waals surface area contributed by atoms with Gasteiger partial charge in [0.25, 0.3) is 0 Å². The summed E-state index contributed by atoms with van der Waals surface area (Å²) < 4.78 is 0. The summed E-state index contributed by atoms with van der Waals surface area (Å²) in [6, 6.07) is 13.5. The Bertz CT molecular complexity index is 287. The number of benzene rings is 1. The largest absolute Gasteiger partial charge is 0.0862 e. The van der Waals surface area contributed by atoms with Gasteiger partial charge in [-0.15, -0.1) is 0 Å². The summed E-state index contributed by atoms with van der Waals surface area (Å²) in [6.45, 7) is 4.63. The zero-order valence-corrected chi connectivity index (χ0v) is 8.93. The fourth-order valence-corrected chi connectivity index (χ4v) is 6.34. The molecule has 1 fully saturated rings. The Morgan fingerprint density at radius 3 is 2.42 bits per heavy atom. The molecule has 1 aromatic carbocycles. The fraction of sp³-hybridized carbons (Fsp3) is 0.455. The third-order valence-corrected chi connectivity index (χ3v) is 8.01. The predicted molar refractivity (Wildman–Crippen MR) is 56.7 cm³/mol. The Morgan fingerprint density at radius 1 is 1.25 bits per heavy atom. The first kappa shape index (κ1) is 8.05. The van der Waals surface area contributed by atoms with Crippen molar-refractivity contribution >= 4 is 13.3 Å². The minimum atomic E-state index is -0.848. The van der Waals surface area contributed by atoms with Crippen LogP contribution >= 0.6 is 0 Å². The topological polar surface area (TPSA) is 0 Å². The van der Waals surface area contributed by atoms with Gasteiger partial charge in [0.15, 0.2) is 0 Å². The number of aryl methyl sites for hydroxylation is 1. The van der Waals surface area contributed by atoms with Crippen LogP contribution in [0.1, 0.15) is 12.5 Å². The van der Waals surface area contributed by atoms with Crippen LogP contribution in [-0.2, 0) is 0 Å². The SMILES string of the molecule is CC[Si]1(c2ccccc2C)CC1. The van der Waals surface area contributed by atoms with Gasteiger partial charge in [0.2, 0.25) is 0 Å². The third kappa shape index (κ3) is 1.12. The summed E-state index contributed by atoms with van der Waals surface area (Å²) >= 11 is 0. The van der Waals surface area contributed by atoms with Crippen LogP contribution in [0.15, 0.2) is 24.3 Å². The molecule has 0 aliphatic carbocycles. The summed E-state index contributed by atoms with van der Waals surface area (Å²) in [7, 11) is -0.848. The van der Waals surface area contributed by atoms with Gasteiger partial charge < -0.3 is 0 Å². The molecule has 0 unspecified atom stereocenters. The zero-order chi connectivity index (χ0) is 8.60. The van der Waals surface area contributed by atoms with E-state index in [9.17, 15) is 0 Å². The Balaban J connectivity index is 2.40. The minimum Gasteiger partial charge on any atom is -0.0675 e. The van der Waals surface area contributed by atoms with Crippen molar-refractivity contribution < 1.29 is 0 Å². The normalized spacial score (nSPS) is 19.2.